The maximum Gasteiger partial charge on any atom is 0.253 e. The smallest absolute Gasteiger partial charge is 0.253 e. The number of amides is 1. The fourth-order valence-electron chi connectivity index (χ4n) is 4.29. The number of nitrogens with one attached hydrogen (secondary N) is 2. The van der Waals surface area contributed by atoms with Gasteiger partial charge in [0.05, 0.1) is 24.9 Å². The van der Waals surface area contributed by atoms with Gasteiger partial charge in [-0.3, -0.25) is 15.0 Å². The maximum atomic E-state index is 15.0. The number of nitrogens with zero attached hydrogens (tertiary/aromatic N) is 3. The minimum atomic E-state index is -1.72. The second-order valence-electron chi connectivity index (χ2n) is 9.57. The molecule has 1 aliphatic heterocycles. The molecule has 0 bridgehead atoms. The Bertz CT molecular complexity index is 1190. The molecule has 0 atom stereocenters. The van der Waals surface area contributed by atoms with Crippen molar-refractivity contribution in [3.63, 3.8) is 0 Å². The highest BCUT2D eigenvalue weighted by Gasteiger charge is 2.31. The first-order chi connectivity index (χ1) is 16.3. The number of Topliss-reactive ketones (excluding diaryl/α,β-unsaturated/α-hetero) is 1. The molecular weight excluding hydrogens is 529 g/mol. The molecule has 2 N–H and O–H groups in total. The Hall–Kier alpha value is -3.14. The van der Waals surface area contributed by atoms with Gasteiger partial charge in [0.15, 0.2) is 5.78 Å². The Labute approximate surface area is 222 Å². The number of anilines is 2. The van der Waals surface area contributed by atoms with Crippen LogP contribution in [-0.2, 0) is 12.2 Å². The summed E-state index contributed by atoms with van der Waals surface area (Å²) in [5, 5.41) is 11.3. The van der Waals surface area contributed by atoms with Crippen LogP contribution in [0, 0.1) is 5.41 Å². The van der Waals surface area contributed by atoms with Crippen molar-refractivity contribution >= 4 is 45.9 Å². The van der Waals surface area contributed by atoms with E-state index in [0.717, 1.165) is 11.3 Å². The Kier molecular flexibility index (Phi) is 8.78. The van der Waals surface area contributed by atoms with Crippen molar-refractivity contribution in [1.82, 2.24) is 10.2 Å². The maximum absolute atomic E-state index is 15.0. The first-order valence-corrected chi connectivity index (χ1v) is 11.3. The zero-order valence-electron chi connectivity index (χ0n) is 22.1. The molecule has 8 nitrogen and oxygen atoms in total. The standard InChI is InChI=1S/C26H34FN5O3.BrH/c1-26(2,27)19-9-15(10-21(31(6)7)23(19)35-8)22(33)14-32-13-16-11-20(30(4)5)18(25(34)29-3)12-17(16)24(32)28;/h9-12,28H,13-14H2,1-8H3,(H,29,34);1H. The van der Waals surface area contributed by atoms with Gasteiger partial charge in [-0.15, -0.1) is 17.0 Å². The summed E-state index contributed by atoms with van der Waals surface area (Å²) in [5.74, 6) is 0.0855. The van der Waals surface area contributed by atoms with Crippen LogP contribution in [0.4, 0.5) is 15.8 Å². The third kappa shape index (κ3) is 5.48. The van der Waals surface area contributed by atoms with E-state index in [1.807, 2.05) is 25.1 Å². The number of rotatable bonds is 8. The number of hydrogen-bond donors (Lipinski definition) is 2. The molecule has 1 heterocycles. The summed E-state index contributed by atoms with van der Waals surface area (Å²) in [4.78, 5) is 31.1. The Morgan fingerprint density at radius 3 is 2.22 bits per heavy atom. The molecule has 0 aliphatic carbocycles. The predicted molar refractivity (Wildman–Crippen MR) is 148 cm³/mol. The van der Waals surface area contributed by atoms with E-state index < -0.39 is 5.67 Å². The molecule has 1 aliphatic rings. The van der Waals surface area contributed by atoms with Crippen LogP contribution in [0.15, 0.2) is 24.3 Å². The van der Waals surface area contributed by atoms with Gasteiger partial charge in [0.25, 0.3) is 5.91 Å². The zero-order chi connectivity index (χ0) is 26.2. The van der Waals surface area contributed by atoms with E-state index in [2.05, 4.69) is 5.32 Å². The van der Waals surface area contributed by atoms with Gasteiger partial charge in [-0.1, -0.05) is 0 Å². The van der Waals surface area contributed by atoms with Gasteiger partial charge in [-0.05, 0) is 43.7 Å². The van der Waals surface area contributed by atoms with Gasteiger partial charge in [0.1, 0.15) is 17.3 Å². The lowest BCUT2D eigenvalue weighted by atomic mass is 9.94. The third-order valence-electron chi connectivity index (χ3n) is 6.16. The quantitative estimate of drug-likeness (QED) is 0.472. The molecule has 1 amide bonds. The molecule has 2 aromatic carbocycles. The van der Waals surface area contributed by atoms with E-state index in [1.165, 1.54) is 27.0 Å². The number of methoxy groups -OCH3 is 1. The largest absolute Gasteiger partial charge is 0.494 e. The summed E-state index contributed by atoms with van der Waals surface area (Å²) in [6.45, 7) is 3.17. The summed E-state index contributed by atoms with van der Waals surface area (Å²) < 4.78 is 20.5. The molecule has 0 saturated carbocycles. The molecule has 3 rings (SSSR count). The second kappa shape index (κ2) is 10.9. The molecule has 0 saturated heterocycles. The van der Waals surface area contributed by atoms with Gasteiger partial charge >= 0.3 is 0 Å². The Balaban J connectivity index is 0.00000456. The molecule has 196 valence electrons. The highest BCUT2D eigenvalue weighted by Crippen LogP contribution is 2.40. The first-order valence-electron chi connectivity index (χ1n) is 11.3. The van der Waals surface area contributed by atoms with Crippen LogP contribution in [0.1, 0.15) is 51.3 Å². The lowest BCUT2D eigenvalue weighted by Crippen LogP contribution is -2.30. The summed E-state index contributed by atoms with van der Waals surface area (Å²) >= 11 is 0. The van der Waals surface area contributed by atoms with Crippen molar-refractivity contribution in [2.24, 2.45) is 0 Å². The average Bonchev–Trinajstić information content (AvgIpc) is 3.10. The van der Waals surface area contributed by atoms with Gasteiger partial charge in [-0.2, -0.15) is 0 Å². The number of carbonyl (C=O) groups is 2. The second-order valence-corrected chi connectivity index (χ2v) is 9.57. The summed E-state index contributed by atoms with van der Waals surface area (Å²) in [6, 6.07) is 6.82. The summed E-state index contributed by atoms with van der Waals surface area (Å²) in [5.41, 5.74) is 2.22. The van der Waals surface area contributed by atoms with Crippen molar-refractivity contribution in [2.75, 3.05) is 58.7 Å². The lowest BCUT2D eigenvalue weighted by molar-refractivity contribution is 0.0955. The number of amidine groups is 1. The van der Waals surface area contributed by atoms with Gasteiger partial charge < -0.3 is 24.8 Å². The predicted octanol–water partition coefficient (Wildman–Crippen LogP) is 3.99. The van der Waals surface area contributed by atoms with Crippen molar-refractivity contribution in [3.05, 3.63) is 52.1 Å². The zero-order valence-corrected chi connectivity index (χ0v) is 23.8. The van der Waals surface area contributed by atoms with E-state index in [-0.39, 0.29) is 41.1 Å². The fraction of sp³-hybridized carbons (Fsp3) is 0.423. The normalized spacial score (nSPS) is 12.6. The van der Waals surface area contributed by atoms with E-state index in [9.17, 15) is 9.59 Å². The van der Waals surface area contributed by atoms with Crippen molar-refractivity contribution in [1.29, 1.82) is 5.41 Å². The molecule has 2 aromatic rings. The van der Waals surface area contributed by atoms with E-state index in [4.69, 9.17) is 10.1 Å². The monoisotopic (exact) mass is 563 g/mol. The molecule has 0 radical (unpaired) electrons. The summed E-state index contributed by atoms with van der Waals surface area (Å²) in [7, 11) is 10.4. The molecule has 36 heavy (non-hydrogen) atoms. The van der Waals surface area contributed by atoms with Crippen LogP contribution in [0.25, 0.3) is 0 Å². The number of fused-ring (bicyclic) bond motifs is 1. The van der Waals surface area contributed by atoms with Crippen LogP contribution in [-0.4, -0.2) is 71.3 Å². The first kappa shape index (κ1) is 29.1. The van der Waals surface area contributed by atoms with Crippen LogP contribution >= 0.6 is 17.0 Å². The van der Waals surface area contributed by atoms with E-state index in [1.54, 1.807) is 43.1 Å². The number of alkyl halides is 1. The Morgan fingerprint density at radius 2 is 1.72 bits per heavy atom. The topological polar surface area (TPSA) is 89.0 Å². The molecule has 0 aromatic heterocycles. The minimum absolute atomic E-state index is 0. The van der Waals surface area contributed by atoms with Gasteiger partial charge in [0.2, 0.25) is 0 Å². The van der Waals surface area contributed by atoms with Gasteiger partial charge in [0, 0.05) is 64.2 Å². The number of hydrogen-bond acceptors (Lipinski definition) is 6. The van der Waals surface area contributed by atoms with Crippen LogP contribution in [0.5, 0.6) is 5.75 Å². The summed E-state index contributed by atoms with van der Waals surface area (Å²) in [6.07, 6.45) is 0. The highest BCUT2D eigenvalue weighted by atomic mass is 79.9. The molecular formula is C26H35BrFN5O3. The molecule has 0 unspecified atom stereocenters. The lowest BCUT2D eigenvalue weighted by Gasteiger charge is -2.25. The van der Waals surface area contributed by atoms with Gasteiger partial charge in [-0.25, -0.2) is 4.39 Å². The van der Waals surface area contributed by atoms with Crippen molar-refractivity contribution in [2.45, 2.75) is 26.1 Å². The van der Waals surface area contributed by atoms with Crippen LogP contribution in [0.3, 0.4) is 0 Å². The van der Waals surface area contributed by atoms with Crippen molar-refractivity contribution in [3.8, 4) is 5.75 Å². The van der Waals surface area contributed by atoms with Crippen LogP contribution < -0.4 is 19.9 Å². The number of ether oxygens (including phenoxy) is 1. The third-order valence-corrected chi connectivity index (χ3v) is 6.16. The number of benzene rings is 2. The number of carbonyl (C=O) groups excluding carboxylic acids is 2. The Morgan fingerprint density at radius 1 is 1.11 bits per heavy atom. The fourth-order valence-corrected chi connectivity index (χ4v) is 4.29. The minimum Gasteiger partial charge on any atom is -0.494 e. The number of halogens is 2. The molecule has 10 heteroatoms. The average molecular weight is 565 g/mol. The van der Waals surface area contributed by atoms with Crippen LogP contribution in [0.2, 0.25) is 0 Å². The van der Waals surface area contributed by atoms with Crippen molar-refractivity contribution < 1.29 is 18.7 Å². The van der Waals surface area contributed by atoms with E-state index in [0.29, 0.717) is 40.2 Å². The number of ketones is 1. The molecule has 0 fully saturated rings. The SMILES string of the molecule is Br.CNC(=O)c1cc2c(cc1N(C)C)CN(CC(=O)c1cc(N(C)C)c(OC)c(C(C)(C)F)c1)C2=N. The van der Waals surface area contributed by atoms with E-state index >= 15 is 4.39 Å². The highest BCUT2D eigenvalue weighted by molar-refractivity contribution is 8.93. The molecule has 0 spiro atoms.